The van der Waals surface area contributed by atoms with Gasteiger partial charge in [0.15, 0.2) is 16.6 Å². The Hall–Kier alpha value is -3.06. The largest absolute Gasteiger partial charge is 0.454 e. The molecule has 34 heavy (non-hydrogen) atoms. The zero-order valence-corrected chi connectivity index (χ0v) is 20.6. The first-order valence-corrected chi connectivity index (χ1v) is 12.4. The Morgan fingerprint density at radius 3 is 2.68 bits per heavy atom. The van der Waals surface area contributed by atoms with Crippen LogP contribution in [0.15, 0.2) is 41.2 Å². The first kappa shape index (κ1) is 22.7. The number of H-pyrrole nitrogens is 1. The Morgan fingerprint density at radius 1 is 1.06 bits per heavy atom. The molecule has 1 aromatic heterocycles. The third-order valence-corrected chi connectivity index (χ3v) is 7.16. The fourth-order valence-corrected chi connectivity index (χ4v) is 5.31. The van der Waals surface area contributed by atoms with Gasteiger partial charge in [0, 0.05) is 29.1 Å². The van der Waals surface area contributed by atoms with E-state index in [1.165, 1.54) is 19.3 Å². The first-order valence-electron chi connectivity index (χ1n) is 12.0. The third kappa shape index (κ3) is 4.89. The summed E-state index contributed by atoms with van der Waals surface area (Å²) in [5, 5.41) is 5.33. The van der Waals surface area contributed by atoms with Gasteiger partial charge >= 0.3 is 0 Å². The molecule has 1 fully saturated rings. The van der Waals surface area contributed by atoms with Gasteiger partial charge in [0.25, 0.3) is 5.56 Å². The molecule has 1 aliphatic carbocycles. The fraction of sp³-hybridized carbons (Fsp3) is 0.407. The molecule has 0 saturated heterocycles. The van der Waals surface area contributed by atoms with Gasteiger partial charge in [-0.25, -0.2) is 0 Å². The minimum Gasteiger partial charge on any atom is -0.454 e. The number of rotatable bonds is 5. The molecular weight excluding hydrogens is 446 g/mol. The van der Waals surface area contributed by atoms with E-state index in [0.717, 1.165) is 51.9 Å². The van der Waals surface area contributed by atoms with E-state index in [-0.39, 0.29) is 12.4 Å². The molecule has 0 bridgehead atoms. The van der Waals surface area contributed by atoms with Gasteiger partial charge in [-0.1, -0.05) is 31.4 Å². The first-order chi connectivity index (χ1) is 16.5. The number of aromatic nitrogens is 1. The van der Waals surface area contributed by atoms with Gasteiger partial charge in [0.2, 0.25) is 6.79 Å². The van der Waals surface area contributed by atoms with Crippen LogP contribution in [0.2, 0.25) is 0 Å². The van der Waals surface area contributed by atoms with Crippen LogP contribution in [0.5, 0.6) is 11.5 Å². The topological polar surface area (TPSA) is 66.6 Å². The van der Waals surface area contributed by atoms with Gasteiger partial charge in [-0.05, 0) is 79.9 Å². The van der Waals surface area contributed by atoms with Gasteiger partial charge in [0.1, 0.15) is 0 Å². The Balaban J connectivity index is 1.44. The average Bonchev–Trinajstić information content (AvgIpc) is 3.28. The van der Waals surface area contributed by atoms with Crippen molar-refractivity contribution < 1.29 is 9.47 Å². The van der Waals surface area contributed by atoms with E-state index in [2.05, 4.69) is 28.2 Å². The van der Waals surface area contributed by atoms with Crippen LogP contribution in [0.3, 0.4) is 0 Å². The second-order valence-corrected chi connectivity index (χ2v) is 9.88. The molecule has 2 aromatic carbocycles. The molecule has 178 valence electrons. The van der Waals surface area contributed by atoms with Gasteiger partial charge < -0.3 is 24.7 Å². The summed E-state index contributed by atoms with van der Waals surface area (Å²) in [5.74, 6) is 1.51. The maximum absolute atomic E-state index is 13.0. The van der Waals surface area contributed by atoms with Crippen molar-refractivity contribution in [2.45, 2.75) is 65.1 Å². The minimum atomic E-state index is -0.0753. The molecule has 1 aliphatic heterocycles. The van der Waals surface area contributed by atoms with E-state index in [0.29, 0.717) is 29.8 Å². The summed E-state index contributed by atoms with van der Waals surface area (Å²) in [6.45, 7) is 5.36. The molecule has 0 radical (unpaired) electrons. The fourth-order valence-electron chi connectivity index (χ4n) is 5.01. The summed E-state index contributed by atoms with van der Waals surface area (Å²) >= 11 is 5.88. The van der Waals surface area contributed by atoms with Crippen molar-refractivity contribution in [3.8, 4) is 11.5 Å². The highest BCUT2D eigenvalue weighted by atomic mass is 32.1. The molecule has 0 unspecified atom stereocenters. The molecule has 0 spiro atoms. The molecule has 1 saturated carbocycles. The Bertz CT molecular complexity index is 1280. The van der Waals surface area contributed by atoms with Crippen LogP contribution in [0.4, 0.5) is 0 Å². The lowest BCUT2D eigenvalue weighted by Gasteiger charge is -2.31. The molecule has 2 heterocycles. The monoisotopic (exact) mass is 477 g/mol. The van der Waals surface area contributed by atoms with Crippen LogP contribution in [0.1, 0.15) is 54.4 Å². The molecule has 0 amide bonds. The lowest BCUT2D eigenvalue weighted by atomic mass is 9.96. The Labute approximate surface area is 205 Å². The van der Waals surface area contributed by atoms with E-state index in [1.807, 2.05) is 37.3 Å². The van der Waals surface area contributed by atoms with Gasteiger partial charge in [-0.2, -0.15) is 0 Å². The highest BCUT2D eigenvalue weighted by Gasteiger charge is 2.21. The van der Waals surface area contributed by atoms with Crippen molar-refractivity contribution in [3.05, 3.63) is 69.0 Å². The highest BCUT2D eigenvalue weighted by Crippen LogP contribution is 2.33. The predicted octanol–water partition coefficient (Wildman–Crippen LogP) is 5.08. The average molecular weight is 478 g/mol. The number of hydrogen-bond acceptors (Lipinski definition) is 4. The molecule has 7 heteroatoms. The number of thiocarbonyl (C=S) groups is 1. The van der Waals surface area contributed by atoms with Crippen molar-refractivity contribution in [2.75, 3.05) is 6.79 Å². The lowest BCUT2D eigenvalue weighted by molar-refractivity contribution is 0.174. The lowest BCUT2D eigenvalue weighted by Crippen LogP contribution is -2.45. The number of aryl methyl sites for hydroxylation is 2. The van der Waals surface area contributed by atoms with Crippen LogP contribution in [0, 0.1) is 13.8 Å². The number of nitrogens with zero attached hydrogens (tertiary/aromatic N) is 1. The number of pyridine rings is 1. The van der Waals surface area contributed by atoms with Crippen LogP contribution < -0.4 is 20.3 Å². The van der Waals surface area contributed by atoms with Crippen LogP contribution in [0.25, 0.3) is 10.9 Å². The van der Waals surface area contributed by atoms with Crippen LogP contribution >= 0.6 is 12.2 Å². The minimum absolute atomic E-state index is 0.0753. The molecule has 5 rings (SSSR count). The van der Waals surface area contributed by atoms with Crippen LogP contribution in [-0.2, 0) is 13.1 Å². The number of nitrogens with one attached hydrogen (secondary N) is 2. The van der Waals surface area contributed by atoms with Crippen molar-refractivity contribution in [2.24, 2.45) is 0 Å². The standard InChI is InChI=1S/C27H31N3O3S/c1-17-10-18(2)22-13-20(26(31)29-23(22)11-17)15-30(27(34)28-21-6-4-3-5-7-21)14-19-8-9-24-25(12-19)33-16-32-24/h8-13,21H,3-7,14-16H2,1-2H3,(H,28,34)(H,29,31). The number of hydrogen-bond donors (Lipinski definition) is 2. The number of fused-ring (bicyclic) bond motifs is 2. The van der Waals surface area contributed by atoms with E-state index < -0.39 is 0 Å². The zero-order chi connectivity index (χ0) is 23.7. The van der Waals surface area contributed by atoms with Crippen molar-refractivity contribution in [3.63, 3.8) is 0 Å². The molecule has 0 atom stereocenters. The van der Waals surface area contributed by atoms with Crippen LogP contribution in [-0.4, -0.2) is 27.8 Å². The molecular formula is C27H31N3O3S. The highest BCUT2D eigenvalue weighted by molar-refractivity contribution is 7.80. The second-order valence-electron chi connectivity index (χ2n) is 9.49. The summed E-state index contributed by atoms with van der Waals surface area (Å²) in [4.78, 5) is 18.2. The normalized spacial score (nSPS) is 15.5. The van der Waals surface area contributed by atoms with Gasteiger partial charge in [-0.3, -0.25) is 4.79 Å². The van der Waals surface area contributed by atoms with E-state index in [4.69, 9.17) is 21.7 Å². The number of aromatic amines is 1. The maximum atomic E-state index is 13.0. The van der Waals surface area contributed by atoms with Gasteiger partial charge in [-0.15, -0.1) is 0 Å². The van der Waals surface area contributed by atoms with E-state index in [9.17, 15) is 4.79 Å². The van der Waals surface area contributed by atoms with Crippen molar-refractivity contribution in [1.29, 1.82) is 0 Å². The molecule has 2 N–H and O–H groups in total. The van der Waals surface area contributed by atoms with E-state index in [1.54, 1.807) is 0 Å². The quantitative estimate of drug-likeness (QED) is 0.500. The molecule has 3 aromatic rings. The smallest absolute Gasteiger partial charge is 0.253 e. The summed E-state index contributed by atoms with van der Waals surface area (Å²) in [6.07, 6.45) is 6.01. The summed E-state index contributed by atoms with van der Waals surface area (Å²) in [5.41, 5.74) is 4.84. The summed E-state index contributed by atoms with van der Waals surface area (Å²) < 4.78 is 11.0. The predicted molar refractivity (Wildman–Crippen MR) is 138 cm³/mol. The van der Waals surface area contributed by atoms with E-state index >= 15 is 0 Å². The van der Waals surface area contributed by atoms with Crippen molar-refractivity contribution >= 4 is 28.2 Å². The SMILES string of the molecule is Cc1cc(C)c2cc(CN(Cc3ccc4c(c3)OCO4)C(=S)NC3CCCCC3)c(=O)[nH]c2c1. The summed E-state index contributed by atoms with van der Waals surface area (Å²) in [7, 11) is 0. The molecule has 2 aliphatic rings. The Kier molecular flexibility index (Phi) is 6.46. The number of benzene rings is 2. The molecule has 6 nitrogen and oxygen atoms in total. The summed E-state index contributed by atoms with van der Waals surface area (Å²) in [6, 6.07) is 12.5. The Morgan fingerprint density at radius 2 is 1.85 bits per heavy atom. The van der Waals surface area contributed by atoms with Gasteiger partial charge in [0.05, 0.1) is 6.54 Å². The number of ether oxygens (including phenoxy) is 2. The maximum Gasteiger partial charge on any atom is 0.253 e. The third-order valence-electron chi connectivity index (χ3n) is 6.78. The second kappa shape index (κ2) is 9.66. The van der Waals surface area contributed by atoms with Crippen molar-refractivity contribution in [1.82, 2.24) is 15.2 Å². The zero-order valence-electron chi connectivity index (χ0n) is 19.8.